The van der Waals surface area contributed by atoms with Crippen LogP contribution in [0, 0.1) is 0 Å². The largest absolute Gasteiger partial charge is 0.328 e. The number of amides is 1. The fourth-order valence-electron chi connectivity index (χ4n) is 0.378. The Balaban J connectivity index is 3.58. The lowest BCUT2D eigenvalue weighted by molar-refractivity contribution is -0.122. The fraction of sp³-hybridized carbons (Fsp3) is 0.500. The van der Waals surface area contributed by atoms with Gasteiger partial charge in [0.25, 0.3) is 5.91 Å². The van der Waals surface area contributed by atoms with E-state index >= 15 is 0 Å². The summed E-state index contributed by atoms with van der Waals surface area (Å²) in [5.41, 5.74) is 0.790. The van der Waals surface area contributed by atoms with Gasteiger partial charge in [0, 0.05) is 5.70 Å². The van der Waals surface area contributed by atoms with E-state index in [1.54, 1.807) is 13.0 Å². The molecule has 0 aliphatic carbocycles. The summed E-state index contributed by atoms with van der Waals surface area (Å²) < 4.78 is 4.08. The van der Waals surface area contributed by atoms with E-state index in [0.29, 0.717) is 0 Å². The monoisotopic (exact) mass is 163 g/mol. The molecule has 0 aromatic rings. The van der Waals surface area contributed by atoms with Gasteiger partial charge in [-0.2, -0.15) is 0 Å². The predicted octanol–water partition coefficient (Wildman–Crippen LogP) is 1.20. The van der Waals surface area contributed by atoms with Gasteiger partial charge in [0.1, 0.15) is 6.61 Å². The Morgan fingerprint density at radius 3 is 2.80 bits per heavy atom. The number of hydrogen-bond acceptors (Lipinski definition) is 2. The lowest BCUT2D eigenvalue weighted by Crippen LogP contribution is -2.24. The highest BCUT2D eigenvalue weighted by Crippen LogP contribution is 1.85. The summed E-state index contributed by atoms with van der Waals surface area (Å²) >= 11 is 4.84. The number of allylic oxidation sites excluding steroid dienone is 2. The molecule has 0 unspecified atom stereocenters. The van der Waals surface area contributed by atoms with Crippen molar-refractivity contribution in [1.82, 2.24) is 5.32 Å². The van der Waals surface area contributed by atoms with E-state index in [4.69, 9.17) is 11.9 Å². The number of rotatable bonds is 3. The topological polar surface area (TPSA) is 38.3 Å². The van der Waals surface area contributed by atoms with Crippen LogP contribution < -0.4 is 5.32 Å². The Morgan fingerprint density at radius 2 is 2.40 bits per heavy atom. The lowest BCUT2D eigenvalue weighted by Gasteiger charge is -2.00. The minimum absolute atomic E-state index is 0.118. The molecule has 1 N–H and O–H groups in total. The predicted molar refractivity (Wildman–Crippen MR) is 39.4 cm³/mol. The number of carbonyl (C=O) groups excluding carboxylic acids is 1. The standard InChI is InChI=1S/C6H10ClNO2/c1-3-5(2)8-6(9)4-10-7/h3H,4H2,1-2H3,(H,8,9)/b5-3-. The van der Waals surface area contributed by atoms with Crippen LogP contribution in [0.2, 0.25) is 0 Å². The number of hydrogen-bond donors (Lipinski definition) is 1. The molecule has 0 aromatic heterocycles. The van der Waals surface area contributed by atoms with Crippen molar-refractivity contribution in [2.75, 3.05) is 6.61 Å². The first-order valence-electron chi connectivity index (χ1n) is 2.87. The Kier molecular flexibility index (Phi) is 4.98. The lowest BCUT2D eigenvalue weighted by atomic mass is 10.4. The van der Waals surface area contributed by atoms with E-state index in [0.717, 1.165) is 5.70 Å². The van der Waals surface area contributed by atoms with Crippen LogP contribution in [0.3, 0.4) is 0 Å². The molecule has 0 aliphatic rings. The van der Waals surface area contributed by atoms with Crippen LogP contribution in [0.15, 0.2) is 11.8 Å². The molecule has 0 saturated carbocycles. The highest BCUT2D eigenvalue weighted by atomic mass is 35.5. The molecule has 10 heavy (non-hydrogen) atoms. The quantitative estimate of drug-likeness (QED) is 0.679. The van der Waals surface area contributed by atoms with Crippen LogP contribution in [-0.2, 0) is 9.08 Å². The van der Waals surface area contributed by atoms with Crippen molar-refractivity contribution in [2.24, 2.45) is 0 Å². The Bertz CT molecular complexity index is 145. The molecule has 0 spiro atoms. The summed E-state index contributed by atoms with van der Waals surface area (Å²) in [6.07, 6.45) is 1.78. The van der Waals surface area contributed by atoms with Gasteiger partial charge in [0.15, 0.2) is 0 Å². The minimum atomic E-state index is -0.245. The normalized spacial score (nSPS) is 11.3. The van der Waals surface area contributed by atoms with E-state index in [1.807, 2.05) is 6.92 Å². The second-order valence-corrected chi connectivity index (χ2v) is 1.99. The molecule has 0 aliphatic heterocycles. The van der Waals surface area contributed by atoms with Crippen molar-refractivity contribution in [2.45, 2.75) is 13.8 Å². The maximum absolute atomic E-state index is 10.7. The van der Waals surface area contributed by atoms with Crippen LogP contribution >= 0.6 is 11.9 Å². The minimum Gasteiger partial charge on any atom is -0.328 e. The van der Waals surface area contributed by atoms with Crippen LogP contribution in [0.1, 0.15) is 13.8 Å². The molecule has 0 radical (unpaired) electrons. The van der Waals surface area contributed by atoms with E-state index < -0.39 is 0 Å². The van der Waals surface area contributed by atoms with Crippen LogP contribution in [0.4, 0.5) is 0 Å². The van der Waals surface area contributed by atoms with Crippen molar-refractivity contribution >= 4 is 17.8 Å². The average molecular weight is 164 g/mol. The SMILES string of the molecule is C/C=C(/C)NC(=O)COCl. The van der Waals surface area contributed by atoms with Gasteiger partial charge in [0.05, 0.1) is 11.9 Å². The van der Waals surface area contributed by atoms with Crippen molar-refractivity contribution in [3.05, 3.63) is 11.8 Å². The Morgan fingerprint density at radius 1 is 1.80 bits per heavy atom. The van der Waals surface area contributed by atoms with Gasteiger partial charge in [-0.25, -0.2) is 0 Å². The van der Waals surface area contributed by atoms with E-state index in [1.165, 1.54) is 0 Å². The van der Waals surface area contributed by atoms with Crippen molar-refractivity contribution in [3.63, 3.8) is 0 Å². The first kappa shape index (κ1) is 9.46. The molecule has 1 amide bonds. The maximum atomic E-state index is 10.7. The van der Waals surface area contributed by atoms with Gasteiger partial charge in [-0.1, -0.05) is 6.08 Å². The third-order valence-corrected chi connectivity index (χ3v) is 1.06. The maximum Gasteiger partial charge on any atom is 0.252 e. The fourth-order valence-corrected chi connectivity index (χ4v) is 0.477. The highest BCUT2D eigenvalue weighted by Gasteiger charge is 1.98. The highest BCUT2D eigenvalue weighted by molar-refractivity contribution is 6.08. The molecule has 58 valence electrons. The van der Waals surface area contributed by atoms with Crippen LogP contribution in [-0.4, -0.2) is 12.5 Å². The molecular weight excluding hydrogens is 154 g/mol. The summed E-state index contributed by atoms with van der Waals surface area (Å²) in [4.78, 5) is 10.7. The molecule has 0 aromatic carbocycles. The molecule has 0 atom stereocenters. The molecule has 0 fully saturated rings. The first-order chi connectivity index (χ1) is 4.70. The number of nitrogens with one attached hydrogen (secondary N) is 1. The molecule has 0 saturated heterocycles. The second kappa shape index (κ2) is 5.26. The van der Waals surface area contributed by atoms with Gasteiger partial charge >= 0.3 is 0 Å². The zero-order valence-corrected chi connectivity index (χ0v) is 6.73. The van der Waals surface area contributed by atoms with Gasteiger partial charge in [0.2, 0.25) is 0 Å². The summed E-state index contributed by atoms with van der Waals surface area (Å²) in [6.45, 7) is 3.50. The van der Waals surface area contributed by atoms with E-state index in [2.05, 4.69) is 9.61 Å². The van der Waals surface area contributed by atoms with Crippen molar-refractivity contribution < 1.29 is 9.08 Å². The van der Waals surface area contributed by atoms with Gasteiger partial charge in [-0.3, -0.25) is 9.08 Å². The molecular formula is C6H10ClNO2. The summed E-state index contributed by atoms with van der Waals surface area (Å²) in [5.74, 6) is -0.245. The summed E-state index contributed by atoms with van der Waals surface area (Å²) in [6, 6.07) is 0. The average Bonchev–Trinajstić information content (AvgIpc) is 1.88. The molecule has 3 nitrogen and oxygen atoms in total. The molecule has 0 heterocycles. The van der Waals surface area contributed by atoms with Gasteiger partial charge in [-0.05, 0) is 13.8 Å². The van der Waals surface area contributed by atoms with Crippen molar-refractivity contribution in [1.29, 1.82) is 0 Å². The molecule has 4 heteroatoms. The zero-order chi connectivity index (χ0) is 7.98. The van der Waals surface area contributed by atoms with Crippen molar-refractivity contribution in [3.8, 4) is 0 Å². The smallest absolute Gasteiger partial charge is 0.252 e. The third kappa shape index (κ3) is 4.35. The van der Waals surface area contributed by atoms with Gasteiger partial charge in [-0.15, -0.1) is 0 Å². The van der Waals surface area contributed by atoms with Crippen LogP contribution in [0.25, 0.3) is 0 Å². The second-order valence-electron chi connectivity index (χ2n) is 1.77. The van der Waals surface area contributed by atoms with E-state index in [9.17, 15) is 4.79 Å². The summed E-state index contributed by atoms with van der Waals surface area (Å²) in [7, 11) is 0. The first-order valence-corrected chi connectivity index (χ1v) is 3.18. The van der Waals surface area contributed by atoms with E-state index in [-0.39, 0.29) is 12.5 Å². The summed E-state index contributed by atoms with van der Waals surface area (Å²) in [5, 5.41) is 2.54. The Labute approximate surface area is 65.2 Å². The van der Waals surface area contributed by atoms with Gasteiger partial charge < -0.3 is 5.32 Å². The zero-order valence-electron chi connectivity index (χ0n) is 5.98. The third-order valence-electron chi connectivity index (χ3n) is 0.955. The number of carbonyl (C=O) groups is 1. The molecule has 0 bridgehead atoms. The number of halogens is 1. The van der Waals surface area contributed by atoms with Crippen LogP contribution in [0.5, 0.6) is 0 Å². The molecule has 0 rings (SSSR count). The Hall–Kier alpha value is -0.540.